The Hall–Kier alpha value is -4.33. The molecule has 2 aromatic heterocycles. The lowest BCUT2D eigenvalue weighted by atomic mass is 9.87. The SMILES string of the molecule is CC(C)(C)c1ccc(NC(=O)Nc2cccc(Oc3cncc(-c4cncnc4)n3)c2)cc1. The number of carbonyl (C=O) groups is 1. The van der Waals surface area contributed by atoms with Gasteiger partial charge in [-0.1, -0.05) is 39.0 Å². The van der Waals surface area contributed by atoms with Crippen molar-refractivity contribution in [2.45, 2.75) is 26.2 Å². The molecular weight excluding hydrogens is 416 g/mol. The molecule has 2 heterocycles. The Kier molecular flexibility index (Phi) is 6.26. The fourth-order valence-electron chi connectivity index (χ4n) is 3.07. The van der Waals surface area contributed by atoms with E-state index in [2.05, 4.69) is 51.3 Å². The molecular formula is C25H24N6O2. The second-order valence-corrected chi connectivity index (χ2v) is 8.41. The zero-order valence-corrected chi connectivity index (χ0v) is 18.6. The highest BCUT2D eigenvalue weighted by Crippen LogP contribution is 2.25. The highest BCUT2D eigenvalue weighted by Gasteiger charge is 2.13. The van der Waals surface area contributed by atoms with E-state index in [1.54, 1.807) is 42.9 Å². The third-order valence-electron chi connectivity index (χ3n) is 4.79. The first-order valence-electron chi connectivity index (χ1n) is 10.4. The maximum absolute atomic E-state index is 12.4. The van der Waals surface area contributed by atoms with Crippen LogP contribution >= 0.6 is 0 Å². The summed E-state index contributed by atoms with van der Waals surface area (Å²) >= 11 is 0. The summed E-state index contributed by atoms with van der Waals surface area (Å²) in [7, 11) is 0. The van der Waals surface area contributed by atoms with Crippen molar-refractivity contribution in [3.8, 4) is 22.9 Å². The largest absolute Gasteiger partial charge is 0.437 e. The predicted molar refractivity (Wildman–Crippen MR) is 127 cm³/mol. The van der Waals surface area contributed by atoms with Crippen molar-refractivity contribution in [3.05, 3.63) is 85.2 Å². The summed E-state index contributed by atoms with van der Waals surface area (Å²) in [6.07, 6.45) is 7.89. The number of urea groups is 1. The van der Waals surface area contributed by atoms with Crippen molar-refractivity contribution in [2.24, 2.45) is 0 Å². The van der Waals surface area contributed by atoms with E-state index in [-0.39, 0.29) is 11.4 Å². The number of hydrogen-bond donors (Lipinski definition) is 2. The number of ether oxygens (including phenoxy) is 1. The number of rotatable bonds is 5. The van der Waals surface area contributed by atoms with Crippen LogP contribution in [0.15, 0.2) is 79.6 Å². The summed E-state index contributed by atoms with van der Waals surface area (Å²) in [5, 5.41) is 5.65. The Balaban J connectivity index is 1.40. The quantitative estimate of drug-likeness (QED) is 0.415. The van der Waals surface area contributed by atoms with Gasteiger partial charge in [-0.15, -0.1) is 0 Å². The summed E-state index contributed by atoms with van der Waals surface area (Å²) in [6.45, 7) is 6.44. The molecule has 0 aliphatic heterocycles. The van der Waals surface area contributed by atoms with Gasteiger partial charge in [0.2, 0.25) is 5.88 Å². The maximum atomic E-state index is 12.4. The molecule has 0 aliphatic rings. The van der Waals surface area contributed by atoms with Crippen LogP contribution in [0, 0.1) is 0 Å². The number of carbonyl (C=O) groups excluding carboxylic acids is 1. The lowest BCUT2D eigenvalue weighted by molar-refractivity contribution is 0.262. The fourth-order valence-corrected chi connectivity index (χ4v) is 3.07. The molecule has 0 saturated heterocycles. The highest BCUT2D eigenvalue weighted by molar-refractivity contribution is 5.99. The number of benzene rings is 2. The van der Waals surface area contributed by atoms with Gasteiger partial charge in [-0.05, 0) is 35.2 Å². The summed E-state index contributed by atoms with van der Waals surface area (Å²) in [5.74, 6) is 0.829. The Morgan fingerprint density at radius 2 is 1.58 bits per heavy atom. The van der Waals surface area contributed by atoms with E-state index in [0.717, 1.165) is 5.56 Å². The zero-order valence-electron chi connectivity index (χ0n) is 18.6. The number of aromatic nitrogens is 4. The Labute approximate surface area is 192 Å². The summed E-state index contributed by atoms with van der Waals surface area (Å²) in [5.41, 5.74) is 3.88. The Bertz CT molecular complexity index is 1240. The molecule has 0 unspecified atom stereocenters. The average Bonchev–Trinajstić information content (AvgIpc) is 2.80. The molecule has 33 heavy (non-hydrogen) atoms. The minimum Gasteiger partial charge on any atom is -0.437 e. The molecule has 2 aromatic carbocycles. The van der Waals surface area contributed by atoms with Crippen molar-refractivity contribution in [1.29, 1.82) is 0 Å². The van der Waals surface area contributed by atoms with Crippen molar-refractivity contribution >= 4 is 17.4 Å². The van der Waals surface area contributed by atoms with E-state index in [0.29, 0.717) is 28.7 Å². The van der Waals surface area contributed by atoms with Crippen molar-refractivity contribution in [3.63, 3.8) is 0 Å². The minimum atomic E-state index is -0.346. The third-order valence-corrected chi connectivity index (χ3v) is 4.79. The first kappa shape index (κ1) is 21.9. The Morgan fingerprint density at radius 1 is 0.848 bits per heavy atom. The van der Waals surface area contributed by atoms with Gasteiger partial charge in [-0.3, -0.25) is 4.98 Å². The van der Waals surface area contributed by atoms with Crippen molar-refractivity contribution in [2.75, 3.05) is 10.6 Å². The Morgan fingerprint density at radius 3 is 2.30 bits per heavy atom. The van der Waals surface area contributed by atoms with Crippen LogP contribution in [-0.4, -0.2) is 26.0 Å². The second-order valence-electron chi connectivity index (χ2n) is 8.41. The molecule has 0 atom stereocenters. The van der Waals surface area contributed by atoms with Crippen LogP contribution in [0.5, 0.6) is 11.6 Å². The fraction of sp³-hybridized carbons (Fsp3) is 0.160. The van der Waals surface area contributed by atoms with Gasteiger partial charge in [-0.25, -0.2) is 19.7 Å². The molecule has 166 valence electrons. The zero-order chi connectivity index (χ0) is 23.3. The van der Waals surface area contributed by atoms with Crippen molar-refractivity contribution < 1.29 is 9.53 Å². The van der Waals surface area contributed by atoms with Crippen LogP contribution < -0.4 is 15.4 Å². The summed E-state index contributed by atoms with van der Waals surface area (Å²) in [4.78, 5) is 29.0. The average molecular weight is 441 g/mol. The molecule has 2 amide bonds. The highest BCUT2D eigenvalue weighted by atomic mass is 16.5. The van der Waals surface area contributed by atoms with E-state index >= 15 is 0 Å². The maximum Gasteiger partial charge on any atom is 0.323 e. The number of hydrogen-bond acceptors (Lipinski definition) is 6. The second kappa shape index (κ2) is 9.44. The number of anilines is 2. The number of nitrogens with zero attached hydrogens (tertiary/aromatic N) is 4. The van der Waals surface area contributed by atoms with Gasteiger partial charge < -0.3 is 15.4 Å². The predicted octanol–water partition coefficient (Wildman–Crippen LogP) is 5.67. The number of nitrogens with one attached hydrogen (secondary N) is 2. The van der Waals surface area contributed by atoms with Crippen LogP contribution in [0.25, 0.3) is 11.3 Å². The third kappa shape index (κ3) is 5.88. The molecule has 0 bridgehead atoms. The van der Waals surface area contributed by atoms with E-state index in [4.69, 9.17) is 4.74 Å². The van der Waals surface area contributed by atoms with Crippen LogP contribution in [0.2, 0.25) is 0 Å². The van der Waals surface area contributed by atoms with Crippen LogP contribution in [0.3, 0.4) is 0 Å². The monoisotopic (exact) mass is 440 g/mol. The summed E-state index contributed by atoms with van der Waals surface area (Å²) < 4.78 is 5.84. The molecule has 0 aliphatic carbocycles. The molecule has 0 saturated carbocycles. The normalized spacial score (nSPS) is 11.0. The van der Waals surface area contributed by atoms with Gasteiger partial charge >= 0.3 is 6.03 Å². The molecule has 0 fully saturated rings. The molecule has 2 N–H and O–H groups in total. The standard InChI is InChI=1S/C25H24N6O2/c1-25(2,3)18-7-9-19(10-8-18)29-24(32)30-20-5-4-6-21(11-20)33-23-15-26-14-22(31-23)17-12-27-16-28-13-17/h4-16H,1-3H3,(H2,29,30,32). The van der Waals surface area contributed by atoms with E-state index in [1.807, 2.05) is 24.3 Å². The van der Waals surface area contributed by atoms with Gasteiger partial charge in [0.1, 0.15) is 12.1 Å². The van der Waals surface area contributed by atoms with Crippen LogP contribution in [0.1, 0.15) is 26.3 Å². The lowest BCUT2D eigenvalue weighted by Crippen LogP contribution is -2.19. The molecule has 4 aromatic rings. The van der Waals surface area contributed by atoms with Crippen LogP contribution in [-0.2, 0) is 5.41 Å². The van der Waals surface area contributed by atoms with Gasteiger partial charge in [-0.2, -0.15) is 0 Å². The molecule has 4 rings (SSSR count). The lowest BCUT2D eigenvalue weighted by Gasteiger charge is -2.19. The van der Waals surface area contributed by atoms with Gasteiger partial charge in [0.05, 0.1) is 18.1 Å². The van der Waals surface area contributed by atoms with E-state index < -0.39 is 0 Å². The first-order chi connectivity index (χ1) is 15.9. The van der Waals surface area contributed by atoms with Gasteiger partial charge in [0.15, 0.2) is 0 Å². The molecule has 0 radical (unpaired) electrons. The first-order valence-corrected chi connectivity index (χ1v) is 10.4. The van der Waals surface area contributed by atoms with Gasteiger partial charge in [0.25, 0.3) is 0 Å². The van der Waals surface area contributed by atoms with Crippen LogP contribution in [0.4, 0.5) is 16.2 Å². The topological polar surface area (TPSA) is 102 Å². The molecule has 8 nitrogen and oxygen atoms in total. The molecule has 8 heteroatoms. The minimum absolute atomic E-state index is 0.0556. The number of amides is 2. The van der Waals surface area contributed by atoms with Gasteiger partial charge in [0, 0.05) is 35.4 Å². The van der Waals surface area contributed by atoms with Crippen molar-refractivity contribution in [1.82, 2.24) is 19.9 Å². The van der Waals surface area contributed by atoms with E-state index in [9.17, 15) is 4.79 Å². The smallest absolute Gasteiger partial charge is 0.323 e. The molecule has 0 spiro atoms. The van der Waals surface area contributed by atoms with E-state index in [1.165, 1.54) is 18.1 Å². The summed E-state index contributed by atoms with van der Waals surface area (Å²) in [6, 6.07) is 14.5.